The molecular weight excluding hydrogens is 388 g/mol. The third-order valence-electron chi connectivity index (χ3n) is 6.48. The Balaban J connectivity index is 1.48. The van der Waals surface area contributed by atoms with Crippen LogP contribution in [-0.2, 0) is 6.54 Å². The van der Waals surface area contributed by atoms with Crippen molar-refractivity contribution in [2.75, 3.05) is 27.2 Å². The first kappa shape index (κ1) is 21.4. The predicted octanol–water partition coefficient (Wildman–Crippen LogP) is 3.96. The second-order valence-electron chi connectivity index (χ2n) is 8.74. The van der Waals surface area contributed by atoms with Gasteiger partial charge in [-0.15, -0.1) is 0 Å². The largest absolute Gasteiger partial charge is 0.497 e. The van der Waals surface area contributed by atoms with Gasteiger partial charge in [0, 0.05) is 50.4 Å². The predicted molar refractivity (Wildman–Crippen MR) is 124 cm³/mol. The van der Waals surface area contributed by atoms with Gasteiger partial charge in [-0.3, -0.25) is 9.69 Å². The highest BCUT2D eigenvalue weighted by atomic mass is 16.5. The van der Waals surface area contributed by atoms with Gasteiger partial charge in [0.15, 0.2) is 0 Å². The summed E-state index contributed by atoms with van der Waals surface area (Å²) in [6.07, 6.45) is 1.04. The van der Waals surface area contributed by atoms with Crippen molar-refractivity contribution in [1.29, 1.82) is 0 Å². The number of nitrogens with zero attached hydrogens (tertiary/aromatic N) is 4. The van der Waals surface area contributed by atoms with Crippen molar-refractivity contribution in [2.24, 2.45) is 0 Å². The lowest BCUT2D eigenvalue weighted by Gasteiger charge is -2.26. The van der Waals surface area contributed by atoms with E-state index in [9.17, 15) is 4.79 Å². The molecule has 31 heavy (non-hydrogen) atoms. The first-order chi connectivity index (χ1) is 14.9. The fourth-order valence-corrected chi connectivity index (χ4v) is 4.41. The van der Waals surface area contributed by atoms with Gasteiger partial charge in [0.1, 0.15) is 11.6 Å². The molecule has 1 saturated heterocycles. The van der Waals surface area contributed by atoms with Crippen LogP contribution in [0.25, 0.3) is 11.0 Å². The molecule has 1 fully saturated rings. The van der Waals surface area contributed by atoms with Gasteiger partial charge in [-0.05, 0) is 57.0 Å². The summed E-state index contributed by atoms with van der Waals surface area (Å²) in [4.78, 5) is 22.0. The Bertz CT molecular complexity index is 1070. The van der Waals surface area contributed by atoms with Crippen LogP contribution in [0.4, 0.5) is 0 Å². The summed E-state index contributed by atoms with van der Waals surface area (Å²) in [6.45, 7) is 9.15. The lowest BCUT2D eigenvalue weighted by molar-refractivity contribution is 0.0732. The molecule has 2 heterocycles. The molecule has 2 aromatic carbocycles. The molecule has 1 amide bonds. The number of methoxy groups -OCH3 is 1. The number of aryl methyl sites for hydroxylation is 1. The first-order valence-electron chi connectivity index (χ1n) is 11.0. The van der Waals surface area contributed by atoms with E-state index in [2.05, 4.69) is 28.3 Å². The van der Waals surface area contributed by atoms with E-state index in [0.29, 0.717) is 12.6 Å². The summed E-state index contributed by atoms with van der Waals surface area (Å²) in [5.41, 5.74) is 3.88. The summed E-state index contributed by atoms with van der Waals surface area (Å²) in [5, 5.41) is 0. The molecule has 164 valence electrons. The van der Waals surface area contributed by atoms with E-state index in [1.54, 1.807) is 7.11 Å². The molecular formula is C25H32N4O2. The number of hydrogen-bond acceptors (Lipinski definition) is 4. The summed E-state index contributed by atoms with van der Waals surface area (Å²) < 4.78 is 7.56. The number of hydrogen-bond donors (Lipinski definition) is 0. The van der Waals surface area contributed by atoms with E-state index in [-0.39, 0.29) is 11.9 Å². The zero-order valence-electron chi connectivity index (χ0n) is 19.1. The third kappa shape index (κ3) is 4.30. The molecule has 3 aromatic rings. The van der Waals surface area contributed by atoms with Crippen LogP contribution in [0.5, 0.6) is 5.75 Å². The van der Waals surface area contributed by atoms with Crippen molar-refractivity contribution in [2.45, 2.75) is 45.8 Å². The minimum absolute atomic E-state index is 0.0937. The van der Waals surface area contributed by atoms with Crippen LogP contribution in [0.3, 0.4) is 0 Å². The first-order valence-corrected chi connectivity index (χ1v) is 11.0. The average Bonchev–Trinajstić information content (AvgIpc) is 3.38. The van der Waals surface area contributed by atoms with Crippen LogP contribution in [-0.4, -0.2) is 64.6 Å². The normalized spacial score (nSPS) is 16.9. The minimum atomic E-state index is 0.0937. The Morgan fingerprint density at radius 2 is 1.97 bits per heavy atom. The Kier molecular flexibility index (Phi) is 6.01. The van der Waals surface area contributed by atoms with Crippen LogP contribution in [0.15, 0.2) is 42.5 Å². The van der Waals surface area contributed by atoms with E-state index in [4.69, 9.17) is 4.74 Å². The molecule has 0 N–H and O–H groups in total. The molecule has 0 radical (unpaired) electrons. The van der Waals surface area contributed by atoms with E-state index in [0.717, 1.165) is 53.2 Å². The minimum Gasteiger partial charge on any atom is -0.497 e. The maximum atomic E-state index is 13.0. The number of amides is 1. The Morgan fingerprint density at radius 3 is 2.61 bits per heavy atom. The number of benzene rings is 2. The van der Waals surface area contributed by atoms with Gasteiger partial charge in [0.05, 0.1) is 18.1 Å². The second kappa shape index (κ2) is 8.71. The number of likely N-dealkylation sites (tertiary alicyclic amines) is 1. The van der Waals surface area contributed by atoms with Crippen molar-refractivity contribution in [3.8, 4) is 5.75 Å². The number of imidazole rings is 1. The van der Waals surface area contributed by atoms with Gasteiger partial charge in [0.25, 0.3) is 5.91 Å². The molecule has 1 aliphatic heterocycles. The van der Waals surface area contributed by atoms with E-state index in [1.807, 2.05) is 61.3 Å². The van der Waals surface area contributed by atoms with E-state index in [1.165, 1.54) is 0 Å². The van der Waals surface area contributed by atoms with Crippen molar-refractivity contribution in [3.05, 3.63) is 59.4 Å². The number of rotatable bonds is 6. The molecule has 0 spiro atoms. The molecule has 1 atom stereocenters. The topological polar surface area (TPSA) is 50.6 Å². The van der Waals surface area contributed by atoms with Gasteiger partial charge in [-0.25, -0.2) is 4.98 Å². The summed E-state index contributed by atoms with van der Waals surface area (Å²) in [7, 11) is 3.60. The van der Waals surface area contributed by atoms with Gasteiger partial charge in [-0.1, -0.05) is 12.1 Å². The van der Waals surface area contributed by atoms with Crippen LogP contribution in [0.1, 0.15) is 42.0 Å². The monoisotopic (exact) mass is 420 g/mol. The molecule has 0 saturated carbocycles. The van der Waals surface area contributed by atoms with Gasteiger partial charge >= 0.3 is 0 Å². The maximum absolute atomic E-state index is 13.0. The van der Waals surface area contributed by atoms with Gasteiger partial charge in [-0.2, -0.15) is 0 Å². The molecule has 1 unspecified atom stereocenters. The number of fused-ring (bicyclic) bond motifs is 1. The molecule has 0 bridgehead atoms. The van der Waals surface area contributed by atoms with Crippen LogP contribution in [0.2, 0.25) is 0 Å². The fraction of sp³-hybridized carbons (Fsp3) is 0.440. The van der Waals surface area contributed by atoms with Gasteiger partial charge < -0.3 is 14.2 Å². The number of aromatic nitrogens is 2. The Hall–Kier alpha value is -2.86. The Morgan fingerprint density at radius 1 is 1.23 bits per heavy atom. The second-order valence-corrected chi connectivity index (χ2v) is 8.74. The smallest absolute Gasteiger partial charge is 0.253 e. The van der Waals surface area contributed by atoms with Crippen LogP contribution in [0, 0.1) is 6.92 Å². The third-order valence-corrected chi connectivity index (χ3v) is 6.48. The quantitative estimate of drug-likeness (QED) is 0.606. The van der Waals surface area contributed by atoms with Gasteiger partial charge in [0.2, 0.25) is 0 Å². The highest BCUT2D eigenvalue weighted by Gasteiger charge is 2.29. The zero-order valence-corrected chi connectivity index (χ0v) is 19.1. The van der Waals surface area contributed by atoms with Crippen molar-refractivity contribution < 1.29 is 9.53 Å². The zero-order chi connectivity index (χ0) is 22.1. The highest BCUT2D eigenvalue weighted by Crippen LogP contribution is 2.23. The molecule has 1 aromatic heterocycles. The number of carbonyl (C=O) groups excluding carboxylic acids is 1. The van der Waals surface area contributed by atoms with Crippen LogP contribution >= 0.6 is 0 Å². The highest BCUT2D eigenvalue weighted by molar-refractivity contribution is 5.94. The van der Waals surface area contributed by atoms with Crippen molar-refractivity contribution in [1.82, 2.24) is 19.4 Å². The SMILES string of the molecule is COc1ccc2nc(C)n(Cc3ccc(C(=O)N(C)C4CCN(C(C)C)C4)cc3)c2c1. The lowest BCUT2D eigenvalue weighted by atomic mass is 10.1. The summed E-state index contributed by atoms with van der Waals surface area (Å²) >= 11 is 0. The molecule has 4 rings (SSSR count). The van der Waals surface area contributed by atoms with E-state index >= 15 is 0 Å². The number of likely N-dealkylation sites (N-methyl/N-ethyl adjacent to an activating group) is 1. The average molecular weight is 421 g/mol. The summed E-state index contributed by atoms with van der Waals surface area (Å²) in [5.74, 6) is 1.87. The van der Waals surface area contributed by atoms with Crippen LogP contribution < -0.4 is 4.74 Å². The van der Waals surface area contributed by atoms with E-state index < -0.39 is 0 Å². The maximum Gasteiger partial charge on any atom is 0.253 e. The molecule has 1 aliphatic rings. The molecule has 0 aliphatic carbocycles. The molecule has 6 nitrogen and oxygen atoms in total. The number of ether oxygens (including phenoxy) is 1. The molecule has 6 heteroatoms. The van der Waals surface area contributed by atoms with Crippen molar-refractivity contribution >= 4 is 16.9 Å². The number of carbonyl (C=O) groups is 1. The summed E-state index contributed by atoms with van der Waals surface area (Å²) in [6, 6.07) is 14.7. The lowest BCUT2D eigenvalue weighted by Crippen LogP contribution is -2.40. The Labute approximate surface area is 184 Å². The standard InChI is InChI=1S/C25H32N4O2/c1-17(2)28-13-12-21(16-28)27(4)25(30)20-8-6-19(7-9-20)15-29-18(3)26-23-11-10-22(31-5)14-24(23)29/h6-11,14,17,21H,12-13,15-16H2,1-5H3. The van der Waals surface area contributed by atoms with Crippen molar-refractivity contribution in [3.63, 3.8) is 0 Å². The fourth-order valence-electron chi connectivity index (χ4n) is 4.41.